The predicted octanol–water partition coefficient (Wildman–Crippen LogP) is 4.30. The van der Waals surface area contributed by atoms with Crippen molar-refractivity contribution < 1.29 is 4.39 Å². The van der Waals surface area contributed by atoms with Crippen molar-refractivity contribution in [2.24, 2.45) is 0 Å². The van der Waals surface area contributed by atoms with E-state index in [1.807, 2.05) is 71.7 Å². The third-order valence-electron chi connectivity index (χ3n) is 7.13. The highest BCUT2D eigenvalue weighted by Gasteiger charge is 2.15. The number of halogens is 1. The van der Waals surface area contributed by atoms with Crippen molar-refractivity contribution in [3.8, 4) is 22.6 Å². The molecule has 0 atom stereocenters. The van der Waals surface area contributed by atoms with E-state index in [0.717, 1.165) is 46.5 Å². The third kappa shape index (κ3) is 7.69. The molecule has 45 heavy (non-hydrogen) atoms. The molecule has 10 nitrogen and oxygen atoms in total. The zero-order valence-electron chi connectivity index (χ0n) is 26.4. The number of hydrogen-bond donors (Lipinski definition) is 4. The minimum atomic E-state index is -0.325. The van der Waals surface area contributed by atoms with Crippen LogP contribution in [-0.4, -0.2) is 87.8 Å². The first-order valence-corrected chi connectivity index (χ1v) is 14.6. The Bertz CT molecular complexity index is 1970. The number of nitrogens with zero attached hydrogens (tertiary/aromatic N) is 6. The van der Waals surface area contributed by atoms with Crippen LogP contribution in [0.4, 0.5) is 15.8 Å². The van der Waals surface area contributed by atoms with E-state index in [0.29, 0.717) is 45.7 Å². The lowest BCUT2D eigenvalue weighted by molar-refractivity contribution is 0.425. The molecule has 5 rings (SSSR count). The van der Waals surface area contributed by atoms with E-state index in [1.165, 1.54) is 12.1 Å². The first kappa shape index (κ1) is 31.3. The summed E-state index contributed by atoms with van der Waals surface area (Å²) in [7, 11) is 8.00. The molecule has 0 saturated heterocycles. The summed E-state index contributed by atoms with van der Waals surface area (Å²) in [5.41, 5.74) is 7.74. The summed E-state index contributed by atoms with van der Waals surface area (Å²) in [4.78, 5) is 21.0. The highest BCUT2D eigenvalue weighted by atomic mass is 19.1. The molecule has 0 aliphatic carbocycles. The molecule has 0 radical (unpaired) electrons. The average molecular weight is 607 g/mol. The van der Waals surface area contributed by atoms with E-state index in [-0.39, 0.29) is 5.82 Å². The fourth-order valence-corrected chi connectivity index (χ4v) is 4.90. The number of hydrogen-bond acceptors (Lipinski definition) is 8. The topological polar surface area (TPSA) is 114 Å². The van der Waals surface area contributed by atoms with Gasteiger partial charge in [-0.05, 0) is 88.2 Å². The molecule has 0 aliphatic heterocycles. The van der Waals surface area contributed by atoms with Crippen LogP contribution in [0.1, 0.15) is 12.5 Å². The number of allylic oxidation sites excluding steroid dienone is 2. The summed E-state index contributed by atoms with van der Waals surface area (Å²) in [6.07, 6.45) is 9.20. The van der Waals surface area contributed by atoms with Gasteiger partial charge in [-0.15, -0.1) is 0 Å². The van der Waals surface area contributed by atoms with E-state index in [2.05, 4.69) is 58.7 Å². The summed E-state index contributed by atoms with van der Waals surface area (Å²) in [6.45, 7) is 12.6. The highest BCUT2D eigenvalue weighted by molar-refractivity contribution is 5.92. The van der Waals surface area contributed by atoms with Gasteiger partial charge >= 0.3 is 0 Å². The number of aromatic nitrogens is 6. The quantitative estimate of drug-likeness (QED) is 0.166. The number of likely N-dealkylation sites (N-methyl/N-ethyl adjacent to an activating group) is 2. The Hall–Kier alpha value is -5.13. The zero-order chi connectivity index (χ0) is 32.1. The summed E-state index contributed by atoms with van der Waals surface area (Å²) < 4.78 is 14.6. The largest absolute Gasteiger partial charge is 0.384 e. The second kappa shape index (κ2) is 13.7. The molecule has 4 aromatic heterocycles. The maximum absolute atomic E-state index is 14.6. The minimum absolute atomic E-state index is 0.325. The number of anilines is 2. The smallest absolute Gasteiger partial charge is 0.178 e. The Morgan fingerprint density at radius 2 is 1.89 bits per heavy atom. The normalized spacial score (nSPS) is 12.4. The predicted molar refractivity (Wildman–Crippen MR) is 182 cm³/mol. The number of pyridine rings is 2. The molecule has 0 fully saturated rings. The van der Waals surface area contributed by atoms with Gasteiger partial charge < -0.3 is 25.4 Å². The molecule has 11 heteroatoms. The van der Waals surface area contributed by atoms with Crippen molar-refractivity contribution in [2.45, 2.75) is 6.92 Å². The van der Waals surface area contributed by atoms with Crippen LogP contribution in [0.15, 0.2) is 67.3 Å². The van der Waals surface area contributed by atoms with Gasteiger partial charge in [-0.3, -0.25) is 10.1 Å². The van der Waals surface area contributed by atoms with Gasteiger partial charge in [0.2, 0.25) is 0 Å². The van der Waals surface area contributed by atoms with Gasteiger partial charge in [-0.25, -0.2) is 14.4 Å². The second-order valence-electron chi connectivity index (χ2n) is 11.5. The van der Waals surface area contributed by atoms with Crippen molar-refractivity contribution in [1.82, 2.24) is 39.9 Å². The highest BCUT2D eigenvalue weighted by Crippen LogP contribution is 2.30. The van der Waals surface area contributed by atoms with Crippen LogP contribution in [0.5, 0.6) is 0 Å². The van der Waals surface area contributed by atoms with Gasteiger partial charge in [0.1, 0.15) is 11.5 Å². The van der Waals surface area contributed by atoms with Crippen molar-refractivity contribution in [2.75, 3.05) is 58.5 Å². The Labute approximate surface area is 262 Å². The summed E-state index contributed by atoms with van der Waals surface area (Å²) in [5.74, 6) is 0.196. The van der Waals surface area contributed by atoms with E-state index < -0.39 is 0 Å². The van der Waals surface area contributed by atoms with Gasteiger partial charge in [-0.1, -0.05) is 19.2 Å². The van der Waals surface area contributed by atoms with E-state index >= 15 is 0 Å². The van der Waals surface area contributed by atoms with E-state index in [9.17, 15) is 4.39 Å². The number of fused-ring (bicyclic) bond motifs is 1. The van der Waals surface area contributed by atoms with Gasteiger partial charge in [0.05, 0.1) is 22.8 Å². The third-order valence-corrected chi connectivity index (χ3v) is 7.13. The first-order chi connectivity index (χ1) is 21.6. The van der Waals surface area contributed by atoms with Crippen LogP contribution < -0.4 is 21.2 Å². The zero-order valence-corrected chi connectivity index (χ0v) is 26.4. The molecule has 0 spiro atoms. The fourth-order valence-electron chi connectivity index (χ4n) is 4.90. The van der Waals surface area contributed by atoms with Crippen molar-refractivity contribution in [1.29, 1.82) is 0 Å². The molecule has 0 saturated carbocycles. The molecular formula is C34H39FN10. The molecule has 0 aliphatic rings. The minimum Gasteiger partial charge on any atom is -0.384 e. The molecule has 0 bridgehead atoms. The number of H-pyrrole nitrogens is 2. The molecule has 4 N–H and O–H groups in total. The maximum atomic E-state index is 14.6. The van der Waals surface area contributed by atoms with Crippen LogP contribution in [0, 0.1) is 5.82 Å². The molecule has 232 valence electrons. The van der Waals surface area contributed by atoms with Crippen LogP contribution in [0.2, 0.25) is 0 Å². The number of rotatable bonds is 12. The van der Waals surface area contributed by atoms with E-state index in [1.54, 1.807) is 12.4 Å². The second-order valence-corrected chi connectivity index (χ2v) is 11.5. The van der Waals surface area contributed by atoms with Gasteiger partial charge in [-0.2, -0.15) is 5.10 Å². The van der Waals surface area contributed by atoms with Gasteiger partial charge in [0.25, 0.3) is 0 Å². The average Bonchev–Trinajstić information content (AvgIpc) is 3.58. The Kier molecular flexibility index (Phi) is 9.50. The fraction of sp³-hybridized carbons (Fsp3) is 0.235. The lowest BCUT2D eigenvalue weighted by Gasteiger charge is -2.14. The van der Waals surface area contributed by atoms with Crippen molar-refractivity contribution >= 4 is 40.8 Å². The molecule has 0 amide bonds. The van der Waals surface area contributed by atoms with Crippen LogP contribution in [0.25, 0.3) is 52.0 Å². The first-order valence-electron chi connectivity index (χ1n) is 14.6. The standard InChI is InChI=1S/C34H39FN10/c1-21(25-16-28(19-36-18-25)39-22(2)20-45(6)7)8-9-30-23(3)31(43-42-30)34-40-32-29(10-11-38-33(32)41-34)24-14-26(35)17-27(15-24)37-12-13-44(4)5/h8-11,14-19,37,39,42H,2-3,12-13,20H2,1,4-7H3,(H,38,40,41)/b21-8+,30-9+. The van der Waals surface area contributed by atoms with Crippen LogP contribution in [0.3, 0.4) is 0 Å². The molecule has 1 aromatic carbocycles. The van der Waals surface area contributed by atoms with Crippen LogP contribution in [-0.2, 0) is 0 Å². The Balaban J connectivity index is 1.41. The van der Waals surface area contributed by atoms with E-state index in [4.69, 9.17) is 4.98 Å². The number of aromatic amines is 2. The summed E-state index contributed by atoms with van der Waals surface area (Å²) in [5, 5.41) is 15.6. The SMILES string of the molecule is C=C(CN(C)C)Nc1cncc(/C(C)=C/C=c2/[nH]nc(-c3nc4nccc(-c5cc(F)cc(NCCN(C)C)c5)c4[nH]3)c2=C)c1. The number of imidazole rings is 1. The maximum Gasteiger partial charge on any atom is 0.178 e. The Morgan fingerprint density at radius 3 is 2.67 bits per heavy atom. The van der Waals surface area contributed by atoms with Gasteiger partial charge in [0.15, 0.2) is 11.5 Å². The number of nitrogens with one attached hydrogen (secondary N) is 4. The Morgan fingerprint density at radius 1 is 1.07 bits per heavy atom. The molecule has 0 unspecified atom stereocenters. The summed E-state index contributed by atoms with van der Waals surface area (Å²) >= 11 is 0. The summed E-state index contributed by atoms with van der Waals surface area (Å²) in [6, 6.07) is 8.83. The number of benzene rings is 1. The van der Waals surface area contributed by atoms with Gasteiger partial charge in [0, 0.05) is 54.2 Å². The lowest BCUT2D eigenvalue weighted by atomic mass is 10.0. The molecular weight excluding hydrogens is 567 g/mol. The van der Waals surface area contributed by atoms with Crippen molar-refractivity contribution in [3.63, 3.8) is 0 Å². The van der Waals surface area contributed by atoms with Crippen LogP contribution >= 0.6 is 0 Å². The van der Waals surface area contributed by atoms with Crippen molar-refractivity contribution in [3.05, 3.63) is 89.2 Å². The lowest BCUT2D eigenvalue weighted by Crippen LogP contribution is -2.21. The molecule has 4 heterocycles. The monoisotopic (exact) mass is 606 g/mol. The molecule has 5 aromatic rings.